The number of aromatic nitrogens is 4. The van der Waals surface area contributed by atoms with Crippen molar-refractivity contribution in [2.24, 2.45) is 0 Å². The summed E-state index contributed by atoms with van der Waals surface area (Å²) in [7, 11) is 3.87. The highest BCUT2D eigenvalue weighted by Crippen LogP contribution is 2.37. The lowest BCUT2D eigenvalue weighted by Gasteiger charge is -2.16. The summed E-state index contributed by atoms with van der Waals surface area (Å²) in [5.74, 6) is -4.32. The number of hydrogen-bond acceptors (Lipinski definition) is 8. The lowest BCUT2D eigenvalue weighted by Crippen LogP contribution is -2.16. The van der Waals surface area contributed by atoms with Crippen LogP contribution in [0.25, 0.3) is 16.9 Å². The van der Waals surface area contributed by atoms with E-state index in [4.69, 9.17) is 30.5 Å². The molecular weight excluding hydrogens is 506 g/mol. The average Bonchev–Trinajstić information content (AvgIpc) is 3.20. The number of methoxy groups -OCH3 is 3. The molecule has 36 heavy (non-hydrogen) atoms. The number of carboxylic acids is 1. The van der Waals surface area contributed by atoms with Crippen LogP contribution in [-0.4, -0.2) is 51.9 Å². The van der Waals surface area contributed by atoms with Crippen LogP contribution in [0.5, 0.6) is 23.1 Å². The monoisotopic (exact) mass is 522 g/mol. The minimum atomic E-state index is -1.45. The molecule has 0 saturated carbocycles. The Bertz CT molecular complexity index is 1550. The fraction of sp³-hybridized carbons (Fsp3) is 0.182. The number of fused-ring (bicyclic) bond motifs is 1. The molecule has 0 amide bonds. The number of nitrogens with zero attached hydrogens (tertiary/aromatic N) is 3. The molecule has 0 unspecified atom stereocenters. The predicted molar refractivity (Wildman–Crippen MR) is 122 cm³/mol. The van der Waals surface area contributed by atoms with E-state index in [-0.39, 0.29) is 50.6 Å². The second kappa shape index (κ2) is 9.70. The fourth-order valence-electron chi connectivity index (χ4n) is 3.44. The maximum atomic E-state index is 14.4. The van der Waals surface area contributed by atoms with Crippen LogP contribution in [0.2, 0.25) is 5.02 Å². The van der Waals surface area contributed by atoms with E-state index in [9.17, 15) is 23.5 Å². The number of aromatic amines is 1. The first kappa shape index (κ1) is 24.7. The van der Waals surface area contributed by atoms with Gasteiger partial charge in [0.15, 0.2) is 28.8 Å². The van der Waals surface area contributed by atoms with Gasteiger partial charge in [0, 0.05) is 12.1 Å². The van der Waals surface area contributed by atoms with Crippen LogP contribution < -0.4 is 24.6 Å². The lowest BCUT2D eigenvalue weighted by molar-refractivity contribution is 0.0682. The molecule has 0 bridgehead atoms. The molecule has 2 heterocycles. The van der Waals surface area contributed by atoms with Crippen molar-refractivity contribution in [2.75, 3.05) is 21.3 Å². The summed E-state index contributed by atoms with van der Waals surface area (Å²) in [6, 6.07) is 4.80. The maximum absolute atomic E-state index is 14.4. The second-order valence-corrected chi connectivity index (χ2v) is 7.52. The van der Waals surface area contributed by atoms with E-state index in [1.807, 2.05) is 0 Å². The van der Waals surface area contributed by atoms with Crippen LogP contribution in [0.15, 0.2) is 29.1 Å². The molecule has 0 radical (unpaired) electrons. The Morgan fingerprint density at radius 1 is 1.08 bits per heavy atom. The van der Waals surface area contributed by atoms with Crippen LogP contribution >= 0.6 is 11.6 Å². The van der Waals surface area contributed by atoms with Crippen molar-refractivity contribution in [2.45, 2.75) is 6.61 Å². The Hall–Kier alpha value is -4.39. The standard InChI is InChI=1S/C22H17ClF2N4O7/c1-33-13-5-4-11(24)16(25)9(13)8-36-15-7-12(10(23)6-14(15)34-2)29-19-17(26-22(29)32)20(35-3)28-18(27-19)21(30)31/h4-7H,8H2,1-3H3,(H,26,32)(H,30,31). The summed E-state index contributed by atoms with van der Waals surface area (Å²) in [5.41, 5.74) is -1.03. The first-order valence-corrected chi connectivity index (χ1v) is 10.4. The molecule has 4 rings (SSSR count). The summed E-state index contributed by atoms with van der Waals surface area (Å²) in [4.78, 5) is 34.5. The molecule has 0 aliphatic heterocycles. The van der Waals surface area contributed by atoms with E-state index in [1.165, 1.54) is 39.5 Å². The zero-order valence-corrected chi connectivity index (χ0v) is 19.6. The molecule has 4 aromatic rings. The van der Waals surface area contributed by atoms with Crippen LogP contribution in [-0.2, 0) is 6.61 Å². The van der Waals surface area contributed by atoms with Crippen LogP contribution in [0, 0.1) is 11.6 Å². The SMILES string of the molecule is COc1cc(Cl)c(-n2c(=O)[nH]c3c(OC)nc(C(=O)O)nc32)cc1OCc1c(OC)ccc(F)c1F. The number of ether oxygens (including phenoxy) is 4. The summed E-state index contributed by atoms with van der Waals surface area (Å²) in [6.07, 6.45) is 0. The molecule has 0 saturated heterocycles. The minimum Gasteiger partial charge on any atom is -0.496 e. The third-order valence-corrected chi connectivity index (χ3v) is 5.41. The van der Waals surface area contributed by atoms with Crippen LogP contribution in [0.3, 0.4) is 0 Å². The van der Waals surface area contributed by atoms with E-state index in [2.05, 4.69) is 15.0 Å². The highest BCUT2D eigenvalue weighted by molar-refractivity contribution is 6.32. The molecule has 2 N–H and O–H groups in total. The topological polar surface area (TPSA) is 138 Å². The Morgan fingerprint density at radius 2 is 1.81 bits per heavy atom. The molecule has 188 valence electrons. The lowest BCUT2D eigenvalue weighted by atomic mass is 10.2. The van der Waals surface area contributed by atoms with Gasteiger partial charge in [-0.1, -0.05) is 11.6 Å². The van der Waals surface area contributed by atoms with Crippen LogP contribution in [0.4, 0.5) is 8.78 Å². The van der Waals surface area contributed by atoms with Gasteiger partial charge in [0.25, 0.3) is 0 Å². The van der Waals surface area contributed by atoms with Crippen LogP contribution in [0.1, 0.15) is 16.2 Å². The van der Waals surface area contributed by atoms with Gasteiger partial charge in [-0.25, -0.2) is 27.9 Å². The quantitative estimate of drug-likeness (QED) is 0.357. The summed E-state index contributed by atoms with van der Waals surface area (Å²) < 4.78 is 50.3. The number of nitrogens with one attached hydrogen (secondary N) is 1. The van der Waals surface area contributed by atoms with Crippen molar-refractivity contribution in [1.29, 1.82) is 0 Å². The van der Waals surface area contributed by atoms with Crippen molar-refractivity contribution in [1.82, 2.24) is 19.5 Å². The molecule has 0 spiro atoms. The van der Waals surface area contributed by atoms with Gasteiger partial charge in [0.2, 0.25) is 11.7 Å². The molecule has 0 atom stereocenters. The number of carboxylic acid groups (broad SMARTS) is 1. The molecule has 2 aromatic carbocycles. The predicted octanol–water partition coefficient (Wildman–Crippen LogP) is 3.34. The zero-order valence-electron chi connectivity index (χ0n) is 18.9. The Balaban J connectivity index is 1.86. The molecule has 0 aliphatic rings. The highest BCUT2D eigenvalue weighted by Gasteiger charge is 2.23. The smallest absolute Gasteiger partial charge is 0.374 e. The van der Waals surface area contributed by atoms with E-state index < -0.39 is 35.7 Å². The first-order valence-electron chi connectivity index (χ1n) is 10.0. The van der Waals surface area contributed by atoms with Gasteiger partial charge in [-0.3, -0.25) is 4.98 Å². The van der Waals surface area contributed by atoms with Crippen molar-refractivity contribution >= 4 is 28.7 Å². The number of benzene rings is 2. The molecule has 2 aromatic heterocycles. The maximum Gasteiger partial charge on any atom is 0.374 e. The fourth-order valence-corrected chi connectivity index (χ4v) is 3.68. The van der Waals surface area contributed by atoms with Crippen molar-refractivity contribution in [3.8, 4) is 28.8 Å². The van der Waals surface area contributed by atoms with E-state index in [0.717, 1.165) is 10.6 Å². The number of halogens is 3. The van der Waals surface area contributed by atoms with Gasteiger partial charge >= 0.3 is 11.7 Å². The van der Waals surface area contributed by atoms with E-state index in [1.54, 1.807) is 0 Å². The second-order valence-electron chi connectivity index (χ2n) is 7.11. The van der Waals surface area contributed by atoms with Gasteiger partial charge in [-0.15, -0.1) is 0 Å². The number of carbonyl (C=O) groups is 1. The first-order chi connectivity index (χ1) is 17.2. The minimum absolute atomic E-state index is 0.00310. The summed E-state index contributed by atoms with van der Waals surface area (Å²) in [6.45, 7) is -0.466. The number of aromatic carboxylic acids is 1. The van der Waals surface area contributed by atoms with Gasteiger partial charge in [0.1, 0.15) is 17.9 Å². The Kier molecular flexibility index (Phi) is 6.66. The highest BCUT2D eigenvalue weighted by atomic mass is 35.5. The zero-order chi connectivity index (χ0) is 26.1. The third kappa shape index (κ3) is 4.24. The Labute approximate surface area is 205 Å². The third-order valence-electron chi connectivity index (χ3n) is 5.11. The largest absolute Gasteiger partial charge is 0.496 e. The number of rotatable bonds is 8. The van der Waals surface area contributed by atoms with Crippen molar-refractivity contribution < 1.29 is 37.6 Å². The molecule has 11 nitrogen and oxygen atoms in total. The van der Waals surface area contributed by atoms with E-state index in [0.29, 0.717) is 0 Å². The summed E-state index contributed by atoms with van der Waals surface area (Å²) in [5, 5.41) is 9.36. The number of imidazole rings is 1. The van der Waals surface area contributed by atoms with Crippen molar-refractivity contribution in [3.05, 3.63) is 62.8 Å². The normalized spacial score (nSPS) is 10.9. The van der Waals surface area contributed by atoms with Gasteiger partial charge in [0.05, 0.1) is 37.6 Å². The summed E-state index contributed by atoms with van der Waals surface area (Å²) >= 11 is 6.40. The van der Waals surface area contributed by atoms with Gasteiger partial charge < -0.3 is 24.1 Å². The van der Waals surface area contributed by atoms with E-state index >= 15 is 0 Å². The van der Waals surface area contributed by atoms with Gasteiger partial charge in [-0.05, 0) is 12.1 Å². The van der Waals surface area contributed by atoms with Gasteiger partial charge in [-0.2, -0.15) is 4.98 Å². The van der Waals surface area contributed by atoms with Crippen molar-refractivity contribution in [3.63, 3.8) is 0 Å². The molecular formula is C22H17ClF2N4O7. The Morgan fingerprint density at radius 3 is 2.44 bits per heavy atom. The molecule has 14 heteroatoms. The molecule has 0 fully saturated rings. The number of hydrogen-bond donors (Lipinski definition) is 2. The number of H-pyrrole nitrogens is 1. The molecule has 0 aliphatic carbocycles. The average molecular weight is 523 g/mol.